The lowest BCUT2D eigenvalue weighted by molar-refractivity contribution is -0.101. The molecule has 3 unspecified atom stereocenters. The van der Waals surface area contributed by atoms with Crippen LogP contribution in [0.5, 0.6) is 0 Å². The van der Waals surface area contributed by atoms with Gasteiger partial charge in [-0.2, -0.15) is 0 Å². The number of hydrogen-bond acceptors (Lipinski definition) is 6. The van der Waals surface area contributed by atoms with Gasteiger partial charge in [0, 0.05) is 25.7 Å². The van der Waals surface area contributed by atoms with Gasteiger partial charge in [-0.25, -0.2) is 0 Å². The third-order valence-corrected chi connectivity index (χ3v) is 4.58. The number of aromatic nitrogens is 2. The van der Waals surface area contributed by atoms with Crippen LogP contribution in [-0.4, -0.2) is 35.0 Å². The number of nitrogens with zero attached hydrogens (tertiary/aromatic N) is 2. The third-order valence-electron chi connectivity index (χ3n) is 3.81. The Morgan fingerprint density at radius 1 is 1.53 bits per heavy atom. The molecule has 1 aromatic heterocycles. The van der Waals surface area contributed by atoms with Crippen molar-refractivity contribution >= 4 is 11.5 Å². The highest BCUT2D eigenvalue weighted by molar-refractivity contribution is 7.05. The van der Waals surface area contributed by atoms with E-state index in [4.69, 9.17) is 15.2 Å². The fraction of sp³-hybridized carbons (Fsp3) is 0.818. The number of ether oxygens (including phenoxy) is 2. The normalized spacial score (nSPS) is 35.2. The van der Waals surface area contributed by atoms with E-state index in [0.717, 1.165) is 44.0 Å². The molecule has 5 nitrogen and oxygen atoms in total. The second-order valence-corrected chi connectivity index (χ2v) is 5.75. The molecule has 17 heavy (non-hydrogen) atoms. The summed E-state index contributed by atoms with van der Waals surface area (Å²) >= 11 is 1.40. The van der Waals surface area contributed by atoms with E-state index >= 15 is 0 Å². The summed E-state index contributed by atoms with van der Waals surface area (Å²) in [5.74, 6) is 0.452. The topological polar surface area (TPSA) is 70.3 Å². The number of hydrogen-bond donors (Lipinski definition) is 1. The summed E-state index contributed by atoms with van der Waals surface area (Å²) in [6, 6.07) is 0.0383. The molecule has 0 aliphatic carbocycles. The fourth-order valence-corrected chi connectivity index (χ4v) is 3.39. The van der Waals surface area contributed by atoms with Crippen LogP contribution in [0.4, 0.5) is 0 Å². The molecular formula is C11H17N3O2S. The molecule has 0 radical (unpaired) electrons. The molecule has 2 N–H and O–H groups in total. The Balaban J connectivity index is 1.71. The quantitative estimate of drug-likeness (QED) is 0.857. The first kappa shape index (κ1) is 11.5. The molecule has 2 fully saturated rings. The fourth-order valence-electron chi connectivity index (χ4n) is 2.79. The Hall–Kier alpha value is -0.560. The van der Waals surface area contributed by atoms with Crippen molar-refractivity contribution in [2.45, 2.75) is 30.9 Å². The molecule has 3 rings (SSSR count). The number of rotatable bonds is 2. The van der Waals surface area contributed by atoms with Gasteiger partial charge in [0.05, 0.1) is 23.3 Å². The van der Waals surface area contributed by atoms with Crippen LogP contribution in [0, 0.1) is 5.92 Å². The molecule has 0 amide bonds. The van der Waals surface area contributed by atoms with Crippen molar-refractivity contribution in [1.29, 1.82) is 0 Å². The second kappa shape index (κ2) is 4.61. The molecule has 6 heteroatoms. The molecular weight excluding hydrogens is 238 g/mol. The minimum atomic E-state index is -0.0708. The smallest absolute Gasteiger partial charge is 0.0940 e. The van der Waals surface area contributed by atoms with Crippen LogP contribution in [0.15, 0.2) is 6.20 Å². The molecule has 2 aliphatic heterocycles. The van der Waals surface area contributed by atoms with E-state index in [2.05, 4.69) is 9.59 Å². The molecule has 2 saturated heterocycles. The maximum absolute atomic E-state index is 6.30. The van der Waals surface area contributed by atoms with Gasteiger partial charge < -0.3 is 15.2 Å². The molecule has 3 heterocycles. The van der Waals surface area contributed by atoms with Crippen LogP contribution in [0.3, 0.4) is 0 Å². The number of nitrogens with two attached hydrogens (primary N) is 1. The van der Waals surface area contributed by atoms with Crippen LogP contribution in [0.25, 0.3) is 0 Å². The zero-order valence-corrected chi connectivity index (χ0v) is 10.5. The van der Waals surface area contributed by atoms with Gasteiger partial charge >= 0.3 is 0 Å². The highest BCUT2D eigenvalue weighted by Gasteiger charge is 2.42. The molecule has 2 aliphatic rings. The maximum Gasteiger partial charge on any atom is 0.0940 e. The summed E-state index contributed by atoms with van der Waals surface area (Å²) in [5.41, 5.74) is 6.23. The molecule has 0 aromatic carbocycles. The van der Waals surface area contributed by atoms with E-state index in [1.807, 2.05) is 0 Å². The van der Waals surface area contributed by atoms with Crippen LogP contribution in [0.1, 0.15) is 30.2 Å². The van der Waals surface area contributed by atoms with E-state index in [0.29, 0.717) is 5.92 Å². The zero-order valence-electron chi connectivity index (χ0n) is 9.67. The van der Waals surface area contributed by atoms with Crippen LogP contribution < -0.4 is 5.73 Å². The highest BCUT2D eigenvalue weighted by atomic mass is 32.1. The molecule has 3 atom stereocenters. The van der Waals surface area contributed by atoms with Gasteiger partial charge in [0.25, 0.3) is 0 Å². The van der Waals surface area contributed by atoms with Crippen molar-refractivity contribution in [1.82, 2.24) is 9.59 Å². The van der Waals surface area contributed by atoms with Gasteiger partial charge in [-0.15, -0.1) is 5.10 Å². The van der Waals surface area contributed by atoms with E-state index in [-0.39, 0.29) is 11.6 Å². The van der Waals surface area contributed by atoms with E-state index in [9.17, 15) is 0 Å². The monoisotopic (exact) mass is 255 g/mol. The molecule has 94 valence electrons. The molecule has 1 spiro atoms. The first-order valence-electron chi connectivity index (χ1n) is 6.04. The summed E-state index contributed by atoms with van der Waals surface area (Å²) in [5, 5.41) is 3.86. The molecule has 0 bridgehead atoms. The SMILES string of the molecule is NC(c1cnns1)C1CCOC2(CCOC2)C1. The van der Waals surface area contributed by atoms with Gasteiger partial charge in [-0.05, 0) is 30.3 Å². The molecule has 1 aromatic rings. The summed E-state index contributed by atoms with van der Waals surface area (Å²) in [4.78, 5) is 1.07. The average Bonchev–Trinajstić information content (AvgIpc) is 3.00. The predicted octanol–water partition coefficient (Wildman–Crippen LogP) is 1.12. The van der Waals surface area contributed by atoms with Crippen LogP contribution in [-0.2, 0) is 9.47 Å². The van der Waals surface area contributed by atoms with Gasteiger partial charge in [-0.1, -0.05) is 4.49 Å². The van der Waals surface area contributed by atoms with Crippen molar-refractivity contribution in [2.75, 3.05) is 19.8 Å². The Labute approximate surface area is 104 Å². The third kappa shape index (κ3) is 2.22. The predicted molar refractivity (Wildman–Crippen MR) is 63.7 cm³/mol. The Kier molecular flexibility index (Phi) is 3.12. The van der Waals surface area contributed by atoms with Crippen LogP contribution in [0.2, 0.25) is 0 Å². The lowest BCUT2D eigenvalue weighted by atomic mass is 9.81. The van der Waals surface area contributed by atoms with Crippen molar-refractivity contribution in [2.24, 2.45) is 11.7 Å². The van der Waals surface area contributed by atoms with Gasteiger partial charge in [-0.3, -0.25) is 0 Å². The largest absolute Gasteiger partial charge is 0.378 e. The Morgan fingerprint density at radius 3 is 3.18 bits per heavy atom. The first-order valence-corrected chi connectivity index (χ1v) is 6.81. The standard InChI is InChI=1S/C11H17N3O2S/c12-10(9-6-13-14-17-9)8-1-3-16-11(5-8)2-4-15-7-11/h6,8,10H,1-5,7,12H2. The van der Waals surface area contributed by atoms with Crippen molar-refractivity contribution in [3.05, 3.63) is 11.1 Å². The van der Waals surface area contributed by atoms with E-state index in [1.54, 1.807) is 6.20 Å². The average molecular weight is 255 g/mol. The Bertz CT molecular complexity index is 365. The van der Waals surface area contributed by atoms with Crippen molar-refractivity contribution in [3.8, 4) is 0 Å². The van der Waals surface area contributed by atoms with Gasteiger partial charge in [0.15, 0.2) is 0 Å². The summed E-state index contributed by atoms with van der Waals surface area (Å²) in [6.45, 7) is 2.31. The van der Waals surface area contributed by atoms with E-state index in [1.165, 1.54) is 11.5 Å². The van der Waals surface area contributed by atoms with E-state index < -0.39 is 0 Å². The Morgan fingerprint density at radius 2 is 2.47 bits per heavy atom. The van der Waals surface area contributed by atoms with Crippen molar-refractivity contribution in [3.63, 3.8) is 0 Å². The first-order chi connectivity index (χ1) is 8.29. The maximum atomic E-state index is 6.30. The zero-order chi connectivity index (χ0) is 11.7. The highest BCUT2D eigenvalue weighted by Crippen LogP contribution is 2.40. The lowest BCUT2D eigenvalue weighted by Gasteiger charge is -2.39. The molecule has 0 saturated carbocycles. The second-order valence-electron chi connectivity index (χ2n) is 4.93. The minimum absolute atomic E-state index is 0.0383. The van der Waals surface area contributed by atoms with Gasteiger partial charge in [0.1, 0.15) is 0 Å². The summed E-state index contributed by atoms with van der Waals surface area (Å²) < 4.78 is 15.3. The summed E-state index contributed by atoms with van der Waals surface area (Å²) in [7, 11) is 0. The van der Waals surface area contributed by atoms with Crippen LogP contribution >= 0.6 is 11.5 Å². The summed E-state index contributed by atoms with van der Waals surface area (Å²) in [6.07, 6.45) is 4.78. The minimum Gasteiger partial charge on any atom is -0.378 e. The van der Waals surface area contributed by atoms with Crippen molar-refractivity contribution < 1.29 is 9.47 Å². The van der Waals surface area contributed by atoms with Gasteiger partial charge in [0.2, 0.25) is 0 Å². The lowest BCUT2D eigenvalue weighted by Crippen LogP contribution is -2.43.